The summed E-state index contributed by atoms with van der Waals surface area (Å²) in [7, 11) is 0. The molecule has 6 nitrogen and oxygen atoms in total. The lowest BCUT2D eigenvalue weighted by atomic mass is 10.1. The van der Waals surface area contributed by atoms with Gasteiger partial charge in [-0.1, -0.05) is 24.3 Å². The summed E-state index contributed by atoms with van der Waals surface area (Å²) < 4.78 is 54.9. The third-order valence-corrected chi connectivity index (χ3v) is 3.85. The van der Waals surface area contributed by atoms with Crippen molar-refractivity contribution in [3.63, 3.8) is 0 Å². The van der Waals surface area contributed by atoms with Gasteiger partial charge in [-0.25, -0.2) is 9.37 Å². The Morgan fingerprint density at radius 2 is 1.77 bits per heavy atom. The molecule has 3 rings (SSSR count). The third kappa shape index (κ3) is 6.31. The zero-order chi connectivity index (χ0) is 21.6. The van der Waals surface area contributed by atoms with E-state index in [4.69, 9.17) is 5.11 Å². The van der Waals surface area contributed by atoms with Crippen molar-refractivity contribution >= 4 is 11.8 Å². The topological polar surface area (TPSA) is 79.3 Å². The molecule has 3 N–H and O–H groups in total. The van der Waals surface area contributed by atoms with Gasteiger partial charge < -0.3 is 20.5 Å². The van der Waals surface area contributed by atoms with Gasteiger partial charge in [0.2, 0.25) is 5.95 Å². The first-order valence-corrected chi connectivity index (χ1v) is 8.91. The first kappa shape index (κ1) is 21.3. The van der Waals surface area contributed by atoms with Gasteiger partial charge in [0.05, 0.1) is 12.3 Å². The standard InChI is InChI=1S/C20H18F4N4O2/c21-15-5-1-3-13(9-15)12-26-18-11-17(27-19(28-18)25-7-8-29)14-4-2-6-16(10-14)30-20(22,23)24/h1-6,9-11,29H,7-8,12H2,(H2,25,26,27,28). The average Bonchev–Trinajstić information content (AvgIpc) is 2.70. The molecule has 1 aromatic heterocycles. The van der Waals surface area contributed by atoms with Crippen LogP contribution in [0.5, 0.6) is 5.75 Å². The fraction of sp³-hybridized carbons (Fsp3) is 0.200. The molecule has 3 aromatic rings. The number of aromatic nitrogens is 2. The SMILES string of the molecule is OCCNc1nc(NCc2cccc(F)c2)cc(-c2cccc(OC(F)(F)F)c2)n1. The number of aliphatic hydroxyl groups is 1. The second-order valence-electron chi connectivity index (χ2n) is 6.17. The lowest BCUT2D eigenvalue weighted by molar-refractivity contribution is -0.274. The lowest BCUT2D eigenvalue weighted by Crippen LogP contribution is -2.17. The Kier molecular flexibility index (Phi) is 6.68. The van der Waals surface area contributed by atoms with Gasteiger partial charge in [0.1, 0.15) is 17.4 Å². The molecule has 0 saturated heterocycles. The van der Waals surface area contributed by atoms with Gasteiger partial charge >= 0.3 is 6.36 Å². The average molecular weight is 422 g/mol. The minimum atomic E-state index is -4.81. The normalized spacial score (nSPS) is 11.2. The van der Waals surface area contributed by atoms with Crippen LogP contribution in [0.1, 0.15) is 5.56 Å². The van der Waals surface area contributed by atoms with E-state index in [2.05, 4.69) is 25.3 Å². The molecule has 0 aliphatic carbocycles. The van der Waals surface area contributed by atoms with Crippen LogP contribution in [0.2, 0.25) is 0 Å². The summed E-state index contributed by atoms with van der Waals surface area (Å²) in [6, 6.07) is 13.0. The molecular formula is C20H18F4N4O2. The van der Waals surface area contributed by atoms with Crippen LogP contribution >= 0.6 is 0 Å². The number of aliphatic hydroxyl groups excluding tert-OH is 1. The zero-order valence-corrected chi connectivity index (χ0v) is 15.6. The van der Waals surface area contributed by atoms with Crippen LogP contribution in [-0.4, -0.2) is 34.6 Å². The number of halogens is 4. The Morgan fingerprint density at radius 1 is 0.967 bits per heavy atom. The predicted octanol–water partition coefficient (Wildman–Crippen LogP) is 4.20. The minimum Gasteiger partial charge on any atom is -0.406 e. The highest BCUT2D eigenvalue weighted by atomic mass is 19.4. The highest BCUT2D eigenvalue weighted by molar-refractivity contribution is 5.66. The Balaban J connectivity index is 1.88. The molecule has 10 heteroatoms. The molecule has 0 atom stereocenters. The molecule has 0 aliphatic heterocycles. The molecule has 158 valence electrons. The van der Waals surface area contributed by atoms with Crippen molar-refractivity contribution in [2.75, 3.05) is 23.8 Å². The number of alkyl halides is 3. The molecule has 0 amide bonds. The number of nitrogens with one attached hydrogen (secondary N) is 2. The summed E-state index contributed by atoms with van der Waals surface area (Å²) in [5.74, 6) is -0.209. The monoisotopic (exact) mass is 422 g/mol. The predicted molar refractivity (Wildman–Crippen MR) is 103 cm³/mol. The molecule has 1 heterocycles. The second kappa shape index (κ2) is 9.40. The minimum absolute atomic E-state index is 0.158. The van der Waals surface area contributed by atoms with Crippen molar-refractivity contribution < 1.29 is 27.4 Å². The molecule has 2 aromatic carbocycles. The van der Waals surface area contributed by atoms with Crippen molar-refractivity contribution in [2.45, 2.75) is 12.9 Å². The zero-order valence-electron chi connectivity index (χ0n) is 15.6. The van der Waals surface area contributed by atoms with E-state index in [0.717, 1.165) is 0 Å². The molecule has 0 spiro atoms. The van der Waals surface area contributed by atoms with E-state index in [-0.39, 0.29) is 37.2 Å². The van der Waals surface area contributed by atoms with Gasteiger partial charge in [-0.2, -0.15) is 4.98 Å². The van der Waals surface area contributed by atoms with E-state index < -0.39 is 6.36 Å². The van der Waals surface area contributed by atoms with Crippen LogP contribution in [-0.2, 0) is 6.54 Å². The van der Waals surface area contributed by atoms with Crippen LogP contribution in [0.15, 0.2) is 54.6 Å². The fourth-order valence-corrected chi connectivity index (χ4v) is 2.62. The van der Waals surface area contributed by atoms with Gasteiger partial charge in [0.25, 0.3) is 0 Å². The third-order valence-electron chi connectivity index (χ3n) is 3.85. The first-order chi connectivity index (χ1) is 14.3. The number of benzene rings is 2. The number of ether oxygens (including phenoxy) is 1. The molecule has 0 radical (unpaired) electrons. The number of nitrogens with zero attached hydrogens (tertiary/aromatic N) is 2. The number of hydrogen-bond acceptors (Lipinski definition) is 6. The van der Waals surface area contributed by atoms with Crippen LogP contribution in [0.4, 0.5) is 29.3 Å². The van der Waals surface area contributed by atoms with E-state index >= 15 is 0 Å². The maximum absolute atomic E-state index is 13.4. The van der Waals surface area contributed by atoms with E-state index in [0.29, 0.717) is 22.6 Å². The van der Waals surface area contributed by atoms with Crippen molar-refractivity contribution in [1.82, 2.24) is 9.97 Å². The van der Waals surface area contributed by atoms with E-state index in [1.54, 1.807) is 24.3 Å². The molecule has 0 aliphatic rings. The van der Waals surface area contributed by atoms with Crippen molar-refractivity contribution in [2.24, 2.45) is 0 Å². The maximum atomic E-state index is 13.4. The Hall–Kier alpha value is -3.40. The van der Waals surface area contributed by atoms with Crippen LogP contribution in [0.25, 0.3) is 11.3 Å². The molecule has 0 bridgehead atoms. The number of rotatable bonds is 8. The number of hydrogen-bond donors (Lipinski definition) is 3. The summed E-state index contributed by atoms with van der Waals surface area (Å²) in [4.78, 5) is 8.54. The summed E-state index contributed by atoms with van der Waals surface area (Å²) in [5, 5.41) is 14.9. The molecular weight excluding hydrogens is 404 g/mol. The highest BCUT2D eigenvalue weighted by Gasteiger charge is 2.31. The van der Waals surface area contributed by atoms with Crippen LogP contribution in [0.3, 0.4) is 0 Å². The van der Waals surface area contributed by atoms with Crippen LogP contribution in [0, 0.1) is 5.82 Å². The summed E-state index contributed by atoms with van der Waals surface area (Å²) in [5.41, 5.74) is 1.39. The lowest BCUT2D eigenvalue weighted by Gasteiger charge is -2.13. The smallest absolute Gasteiger partial charge is 0.406 e. The van der Waals surface area contributed by atoms with Gasteiger partial charge in [-0.05, 0) is 29.8 Å². The summed E-state index contributed by atoms with van der Waals surface area (Å²) in [6.07, 6.45) is -4.81. The van der Waals surface area contributed by atoms with Gasteiger partial charge in [0.15, 0.2) is 0 Å². The number of anilines is 2. The quantitative estimate of drug-likeness (QED) is 0.473. The summed E-state index contributed by atoms with van der Waals surface area (Å²) in [6.45, 7) is 0.295. The highest BCUT2D eigenvalue weighted by Crippen LogP contribution is 2.28. The van der Waals surface area contributed by atoms with Crippen molar-refractivity contribution in [3.05, 3.63) is 66.0 Å². The molecule has 0 fully saturated rings. The first-order valence-electron chi connectivity index (χ1n) is 8.91. The molecule has 0 unspecified atom stereocenters. The van der Waals surface area contributed by atoms with Gasteiger partial charge in [0, 0.05) is 24.7 Å². The Bertz CT molecular complexity index is 999. The summed E-state index contributed by atoms with van der Waals surface area (Å²) >= 11 is 0. The second-order valence-corrected chi connectivity index (χ2v) is 6.17. The van der Waals surface area contributed by atoms with Gasteiger partial charge in [-0.15, -0.1) is 13.2 Å². The van der Waals surface area contributed by atoms with Crippen LogP contribution < -0.4 is 15.4 Å². The molecule has 0 saturated carbocycles. The van der Waals surface area contributed by atoms with E-state index in [1.807, 2.05) is 0 Å². The van der Waals surface area contributed by atoms with Gasteiger partial charge in [-0.3, -0.25) is 0 Å². The fourth-order valence-electron chi connectivity index (χ4n) is 2.62. The Labute approximate surface area is 169 Å². The maximum Gasteiger partial charge on any atom is 0.573 e. The molecule has 30 heavy (non-hydrogen) atoms. The largest absolute Gasteiger partial charge is 0.573 e. The van der Waals surface area contributed by atoms with E-state index in [1.165, 1.54) is 30.3 Å². The van der Waals surface area contributed by atoms with Crippen molar-refractivity contribution in [1.29, 1.82) is 0 Å². The van der Waals surface area contributed by atoms with Crippen molar-refractivity contribution in [3.8, 4) is 17.0 Å². The van der Waals surface area contributed by atoms with E-state index in [9.17, 15) is 17.6 Å². The Morgan fingerprint density at radius 3 is 2.50 bits per heavy atom.